The van der Waals surface area contributed by atoms with E-state index in [0.717, 1.165) is 18.8 Å². The lowest BCUT2D eigenvalue weighted by atomic mass is 9.93. The summed E-state index contributed by atoms with van der Waals surface area (Å²) < 4.78 is 5.55. The Morgan fingerprint density at radius 3 is 2.62 bits per heavy atom. The summed E-state index contributed by atoms with van der Waals surface area (Å²) >= 11 is 0. The minimum atomic E-state index is -0.765. The third-order valence-corrected chi connectivity index (χ3v) is 4.62. The molecule has 1 unspecified atom stereocenters. The summed E-state index contributed by atoms with van der Waals surface area (Å²) in [5.41, 5.74) is 5.38. The van der Waals surface area contributed by atoms with Crippen molar-refractivity contribution in [2.75, 3.05) is 19.6 Å². The molecule has 0 aliphatic carbocycles. The maximum Gasteiger partial charge on any atom is 0.240 e. The fraction of sp³-hybridized carbons (Fsp3) is 0.688. The predicted molar refractivity (Wildman–Crippen MR) is 82.8 cm³/mol. The van der Waals surface area contributed by atoms with Gasteiger partial charge in [0.25, 0.3) is 0 Å². The summed E-state index contributed by atoms with van der Waals surface area (Å²) in [6.45, 7) is 6.56. The van der Waals surface area contributed by atoms with Crippen LogP contribution in [0.5, 0.6) is 0 Å². The summed E-state index contributed by atoms with van der Waals surface area (Å²) in [5.74, 6) is 0.844. The van der Waals surface area contributed by atoms with Crippen molar-refractivity contribution < 1.29 is 9.21 Å². The van der Waals surface area contributed by atoms with E-state index in [2.05, 4.69) is 10.2 Å². The SMILES string of the molecule is CCC(N)(CC)C(=O)NCC(c1ccco1)N1CCCC1. The van der Waals surface area contributed by atoms with Gasteiger partial charge in [-0.3, -0.25) is 9.69 Å². The zero-order valence-corrected chi connectivity index (χ0v) is 13.1. The van der Waals surface area contributed by atoms with Crippen LogP contribution in [0.3, 0.4) is 0 Å². The average Bonchev–Trinajstić information content (AvgIpc) is 3.20. The number of carbonyl (C=O) groups is 1. The van der Waals surface area contributed by atoms with Gasteiger partial charge < -0.3 is 15.5 Å². The smallest absolute Gasteiger partial charge is 0.240 e. The van der Waals surface area contributed by atoms with Crippen LogP contribution in [0.2, 0.25) is 0 Å². The van der Waals surface area contributed by atoms with Gasteiger partial charge in [-0.05, 0) is 50.9 Å². The highest BCUT2D eigenvalue weighted by Gasteiger charge is 2.32. The number of nitrogens with zero attached hydrogens (tertiary/aromatic N) is 1. The topological polar surface area (TPSA) is 71.5 Å². The summed E-state index contributed by atoms with van der Waals surface area (Å²) in [6.07, 6.45) is 5.38. The van der Waals surface area contributed by atoms with E-state index in [1.54, 1.807) is 6.26 Å². The van der Waals surface area contributed by atoms with Crippen LogP contribution in [0, 0.1) is 0 Å². The van der Waals surface area contributed by atoms with E-state index in [0.29, 0.717) is 19.4 Å². The molecule has 118 valence electrons. The third-order valence-electron chi connectivity index (χ3n) is 4.62. The van der Waals surface area contributed by atoms with Crippen molar-refractivity contribution in [3.8, 4) is 0 Å². The summed E-state index contributed by atoms with van der Waals surface area (Å²) in [4.78, 5) is 14.7. The Labute approximate surface area is 126 Å². The maximum absolute atomic E-state index is 12.3. The highest BCUT2D eigenvalue weighted by Crippen LogP contribution is 2.25. The fourth-order valence-electron chi connectivity index (χ4n) is 2.88. The Hall–Kier alpha value is -1.33. The van der Waals surface area contributed by atoms with Gasteiger partial charge in [0.15, 0.2) is 0 Å². The van der Waals surface area contributed by atoms with E-state index >= 15 is 0 Å². The number of hydrogen-bond donors (Lipinski definition) is 2. The number of rotatable bonds is 7. The van der Waals surface area contributed by atoms with Crippen LogP contribution in [-0.4, -0.2) is 36.0 Å². The van der Waals surface area contributed by atoms with Crippen LogP contribution < -0.4 is 11.1 Å². The molecule has 1 amide bonds. The lowest BCUT2D eigenvalue weighted by Crippen LogP contribution is -2.54. The van der Waals surface area contributed by atoms with E-state index in [4.69, 9.17) is 10.2 Å². The van der Waals surface area contributed by atoms with Gasteiger partial charge in [-0.15, -0.1) is 0 Å². The standard InChI is InChI=1S/C16H27N3O2/c1-3-16(17,4-2)15(20)18-12-13(14-8-7-11-21-14)19-9-5-6-10-19/h7-8,11,13H,3-6,9-10,12,17H2,1-2H3,(H,18,20). The first kappa shape index (κ1) is 16.0. The third kappa shape index (κ3) is 3.66. The van der Waals surface area contributed by atoms with Crippen LogP contribution in [0.1, 0.15) is 51.3 Å². The molecule has 5 heteroatoms. The van der Waals surface area contributed by atoms with Gasteiger partial charge in [0.05, 0.1) is 17.8 Å². The maximum atomic E-state index is 12.3. The first-order chi connectivity index (χ1) is 10.1. The number of nitrogens with one attached hydrogen (secondary N) is 1. The van der Waals surface area contributed by atoms with Crippen molar-refractivity contribution in [2.45, 2.75) is 51.1 Å². The molecule has 0 bridgehead atoms. The fourth-order valence-corrected chi connectivity index (χ4v) is 2.88. The van der Waals surface area contributed by atoms with Crippen molar-refractivity contribution in [3.63, 3.8) is 0 Å². The molecule has 1 fully saturated rings. The molecule has 1 aromatic heterocycles. The van der Waals surface area contributed by atoms with Crippen LogP contribution in [-0.2, 0) is 4.79 Å². The molecule has 3 N–H and O–H groups in total. The van der Waals surface area contributed by atoms with Crippen molar-refractivity contribution in [3.05, 3.63) is 24.2 Å². The van der Waals surface area contributed by atoms with Crippen LogP contribution in [0.15, 0.2) is 22.8 Å². The average molecular weight is 293 g/mol. The first-order valence-corrected chi connectivity index (χ1v) is 7.95. The van der Waals surface area contributed by atoms with Gasteiger partial charge in [-0.25, -0.2) is 0 Å². The highest BCUT2D eigenvalue weighted by molar-refractivity contribution is 5.85. The molecule has 2 rings (SSSR count). The molecule has 2 heterocycles. The Kier molecular flexibility index (Phi) is 5.42. The summed E-state index contributed by atoms with van der Waals surface area (Å²) in [6, 6.07) is 3.97. The molecular formula is C16H27N3O2. The predicted octanol–water partition coefficient (Wildman–Crippen LogP) is 2.05. The number of hydrogen-bond acceptors (Lipinski definition) is 4. The van der Waals surface area contributed by atoms with Gasteiger partial charge in [0, 0.05) is 6.54 Å². The minimum absolute atomic E-state index is 0.0664. The number of nitrogens with two attached hydrogens (primary N) is 1. The number of likely N-dealkylation sites (tertiary alicyclic amines) is 1. The van der Waals surface area contributed by atoms with Crippen molar-refractivity contribution in [2.24, 2.45) is 5.73 Å². The quantitative estimate of drug-likeness (QED) is 0.807. The zero-order chi connectivity index (χ0) is 15.3. The molecule has 21 heavy (non-hydrogen) atoms. The van der Waals surface area contributed by atoms with E-state index in [9.17, 15) is 4.79 Å². The Bertz CT molecular complexity index is 434. The van der Waals surface area contributed by atoms with Gasteiger partial charge >= 0.3 is 0 Å². The van der Waals surface area contributed by atoms with Crippen LogP contribution in [0.4, 0.5) is 0 Å². The molecule has 0 spiro atoms. The van der Waals surface area contributed by atoms with Crippen molar-refractivity contribution in [1.29, 1.82) is 0 Å². The summed E-state index contributed by atoms with van der Waals surface area (Å²) in [7, 11) is 0. The molecule has 1 aromatic rings. The van der Waals surface area contributed by atoms with Crippen molar-refractivity contribution in [1.82, 2.24) is 10.2 Å². The Morgan fingerprint density at radius 1 is 1.43 bits per heavy atom. The normalized spacial score (nSPS) is 17.9. The Balaban J connectivity index is 2.01. The second-order valence-electron chi connectivity index (χ2n) is 5.85. The first-order valence-electron chi connectivity index (χ1n) is 7.95. The molecule has 1 aliphatic rings. The van der Waals surface area contributed by atoms with E-state index in [1.807, 2.05) is 26.0 Å². The van der Waals surface area contributed by atoms with Crippen LogP contribution in [0.25, 0.3) is 0 Å². The second-order valence-corrected chi connectivity index (χ2v) is 5.85. The second kappa shape index (κ2) is 7.09. The van der Waals surface area contributed by atoms with Gasteiger partial charge in [-0.1, -0.05) is 13.8 Å². The molecule has 0 aromatic carbocycles. The zero-order valence-electron chi connectivity index (χ0n) is 13.1. The number of amides is 1. The molecular weight excluding hydrogens is 266 g/mol. The van der Waals surface area contributed by atoms with Gasteiger partial charge in [0.1, 0.15) is 5.76 Å². The highest BCUT2D eigenvalue weighted by atomic mass is 16.3. The molecule has 1 atom stereocenters. The Morgan fingerprint density at radius 2 is 2.10 bits per heavy atom. The molecule has 0 radical (unpaired) electrons. The molecule has 0 saturated carbocycles. The van der Waals surface area contributed by atoms with Crippen LogP contribution >= 0.6 is 0 Å². The lowest BCUT2D eigenvalue weighted by molar-refractivity contribution is -0.126. The van der Waals surface area contributed by atoms with Gasteiger partial charge in [-0.2, -0.15) is 0 Å². The molecule has 1 saturated heterocycles. The molecule has 5 nitrogen and oxygen atoms in total. The van der Waals surface area contributed by atoms with E-state index in [-0.39, 0.29) is 11.9 Å². The minimum Gasteiger partial charge on any atom is -0.468 e. The lowest BCUT2D eigenvalue weighted by Gasteiger charge is -2.29. The number of carbonyl (C=O) groups excluding carboxylic acids is 1. The van der Waals surface area contributed by atoms with E-state index < -0.39 is 5.54 Å². The molecule has 1 aliphatic heterocycles. The monoisotopic (exact) mass is 293 g/mol. The van der Waals surface area contributed by atoms with Gasteiger partial charge in [0.2, 0.25) is 5.91 Å². The summed E-state index contributed by atoms with van der Waals surface area (Å²) in [5, 5.41) is 3.02. The van der Waals surface area contributed by atoms with E-state index in [1.165, 1.54) is 12.8 Å². The largest absolute Gasteiger partial charge is 0.468 e. The number of furan rings is 1. The van der Waals surface area contributed by atoms with Crippen molar-refractivity contribution >= 4 is 5.91 Å².